The molecular formula is C51H55F3N4O. The second-order valence-electron chi connectivity index (χ2n) is 16.0. The average Bonchev–Trinajstić information content (AvgIpc) is 3.74. The lowest BCUT2D eigenvalue weighted by molar-refractivity contribution is -0.137. The molecule has 1 amide bonds. The van der Waals surface area contributed by atoms with E-state index in [0.29, 0.717) is 11.5 Å². The number of nitrogens with one attached hydrogen (secondary N) is 1. The van der Waals surface area contributed by atoms with Gasteiger partial charge in [-0.3, -0.25) is 4.79 Å². The van der Waals surface area contributed by atoms with E-state index in [4.69, 9.17) is 4.98 Å². The Labute approximate surface area is 348 Å². The van der Waals surface area contributed by atoms with Gasteiger partial charge in [0.25, 0.3) is 5.91 Å². The van der Waals surface area contributed by atoms with Crippen molar-refractivity contribution in [3.63, 3.8) is 0 Å². The summed E-state index contributed by atoms with van der Waals surface area (Å²) in [6.07, 6.45) is 9.09. The Morgan fingerprint density at radius 1 is 0.729 bits per heavy atom. The SMILES string of the molecule is C=Cc1ccc(C(=O)NC2CCC(Cc3cn(C(c4ccccc4)(c4ccccc4)c4ccccc4)cn3)CC2)cc1.CC1CCN(c2ccc(C(F)(F)F)cc2)CC1.[HH]. The number of aromatic nitrogens is 2. The molecule has 2 fully saturated rings. The molecule has 0 spiro atoms. The number of benzene rings is 5. The number of rotatable bonds is 10. The van der Waals surface area contributed by atoms with Gasteiger partial charge >= 0.3 is 6.18 Å². The van der Waals surface area contributed by atoms with E-state index in [-0.39, 0.29) is 13.4 Å². The van der Waals surface area contributed by atoms with Crippen molar-refractivity contribution in [2.45, 2.75) is 69.6 Å². The number of amides is 1. The molecule has 2 aliphatic rings. The molecule has 306 valence electrons. The Morgan fingerprint density at radius 3 is 1.75 bits per heavy atom. The van der Waals surface area contributed by atoms with Crippen LogP contribution in [0.15, 0.2) is 159 Å². The lowest BCUT2D eigenvalue weighted by Crippen LogP contribution is -2.38. The number of imidazole rings is 1. The standard InChI is InChI=1S/C38H37N3O.C13H16F3N.H2/c1-2-29-18-22-31(23-19-29)37(42)40-35-24-20-30(21-25-35)26-36-27-41(28-39-36)38(32-12-6-3-7-13-32,33-14-8-4-9-15-33)34-16-10-5-11-17-34;1-10-6-8-17(9-7-10)12-4-2-11(3-5-12)13(14,15)16;/h2-19,22-23,27-28,30,35H,1,20-21,24-26H2,(H,40,42);2-5,10H,6-9H2,1H3;1H. The maximum Gasteiger partial charge on any atom is 0.416 e. The first-order valence-corrected chi connectivity index (χ1v) is 20.8. The number of carbonyl (C=O) groups excluding carboxylic acids is 1. The maximum absolute atomic E-state index is 12.8. The van der Waals surface area contributed by atoms with E-state index in [0.717, 1.165) is 93.0 Å². The van der Waals surface area contributed by atoms with Gasteiger partial charge in [-0.15, -0.1) is 0 Å². The minimum atomic E-state index is -4.24. The summed E-state index contributed by atoms with van der Waals surface area (Å²) in [5.74, 6) is 1.28. The molecule has 8 rings (SSSR count). The summed E-state index contributed by atoms with van der Waals surface area (Å²) in [6.45, 7) is 7.87. The predicted octanol–water partition coefficient (Wildman–Crippen LogP) is 12.1. The molecule has 1 saturated carbocycles. The first-order valence-electron chi connectivity index (χ1n) is 20.8. The van der Waals surface area contributed by atoms with Gasteiger partial charge in [-0.25, -0.2) is 4.98 Å². The lowest BCUT2D eigenvalue weighted by atomic mass is 9.76. The third-order valence-electron chi connectivity index (χ3n) is 12.0. The predicted molar refractivity (Wildman–Crippen MR) is 234 cm³/mol. The second kappa shape index (κ2) is 18.8. The van der Waals surface area contributed by atoms with Gasteiger partial charge in [-0.05, 0) is 115 Å². The summed E-state index contributed by atoms with van der Waals surface area (Å²) in [5.41, 5.74) is 6.19. The van der Waals surface area contributed by atoms with E-state index in [9.17, 15) is 18.0 Å². The highest BCUT2D eigenvalue weighted by atomic mass is 19.4. The van der Waals surface area contributed by atoms with Gasteiger partial charge in [0.2, 0.25) is 0 Å². The van der Waals surface area contributed by atoms with Crippen molar-refractivity contribution >= 4 is 17.7 Å². The smallest absolute Gasteiger partial charge is 0.372 e. The van der Waals surface area contributed by atoms with Gasteiger partial charge in [0.15, 0.2) is 0 Å². The van der Waals surface area contributed by atoms with E-state index in [1.807, 2.05) is 30.6 Å². The molecule has 1 aliphatic carbocycles. The number of halogens is 3. The van der Waals surface area contributed by atoms with Crippen molar-refractivity contribution in [1.29, 1.82) is 0 Å². The van der Waals surface area contributed by atoms with Gasteiger partial charge in [-0.2, -0.15) is 13.2 Å². The second-order valence-corrected chi connectivity index (χ2v) is 16.0. The highest BCUT2D eigenvalue weighted by molar-refractivity contribution is 5.94. The Morgan fingerprint density at radius 2 is 1.25 bits per heavy atom. The Balaban J connectivity index is 0.000000281. The summed E-state index contributed by atoms with van der Waals surface area (Å²) in [7, 11) is 0. The topological polar surface area (TPSA) is 50.2 Å². The van der Waals surface area contributed by atoms with Crippen molar-refractivity contribution in [2.75, 3.05) is 18.0 Å². The van der Waals surface area contributed by atoms with Gasteiger partial charge in [0.1, 0.15) is 5.54 Å². The molecule has 0 bridgehead atoms. The van der Waals surface area contributed by atoms with Crippen LogP contribution in [0.2, 0.25) is 0 Å². The van der Waals surface area contributed by atoms with Crippen molar-refractivity contribution < 1.29 is 19.4 Å². The van der Waals surface area contributed by atoms with E-state index >= 15 is 0 Å². The minimum absolute atomic E-state index is 0. The highest BCUT2D eigenvalue weighted by Crippen LogP contribution is 2.41. The molecule has 8 heteroatoms. The zero-order valence-corrected chi connectivity index (χ0v) is 33.7. The monoisotopic (exact) mass is 796 g/mol. The first-order chi connectivity index (χ1) is 28.6. The molecule has 1 aliphatic heterocycles. The number of carbonyl (C=O) groups is 1. The third kappa shape index (κ3) is 9.88. The fraction of sp³-hybridized carbons (Fsp3) is 0.294. The average molecular weight is 797 g/mol. The highest BCUT2D eigenvalue weighted by Gasteiger charge is 2.38. The quantitative estimate of drug-likeness (QED) is 0.141. The molecule has 5 nitrogen and oxygen atoms in total. The lowest BCUT2D eigenvalue weighted by Gasteiger charge is -2.37. The number of piperidine rings is 1. The van der Waals surface area contributed by atoms with Crippen LogP contribution in [-0.4, -0.2) is 34.6 Å². The Kier molecular flexibility index (Phi) is 13.1. The molecule has 6 aromatic rings. The zero-order chi connectivity index (χ0) is 41.2. The van der Waals surface area contributed by atoms with Crippen molar-refractivity contribution in [2.24, 2.45) is 11.8 Å². The van der Waals surface area contributed by atoms with Gasteiger partial charge in [-0.1, -0.05) is 123 Å². The van der Waals surface area contributed by atoms with Crippen LogP contribution >= 0.6 is 0 Å². The fourth-order valence-electron chi connectivity index (χ4n) is 8.61. The first kappa shape index (κ1) is 41.3. The number of hydrogen-bond donors (Lipinski definition) is 1. The largest absolute Gasteiger partial charge is 0.416 e. The Bertz CT molecular complexity index is 2130. The van der Waals surface area contributed by atoms with Crippen LogP contribution in [-0.2, 0) is 18.1 Å². The van der Waals surface area contributed by atoms with Gasteiger partial charge < -0.3 is 14.8 Å². The maximum atomic E-state index is 12.8. The van der Waals surface area contributed by atoms with Crippen LogP contribution in [0.25, 0.3) is 6.08 Å². The van der Waals surface area contributed by atoms with Crippen LogP contribution in [0.5, 0.6) is 0 Å². The number of hydrogen-bond acceptors (Lipinski definition) is 3. The van der Waals surface area contributed by atoms with Gasteiger partial charge in [0, 0.05) is 38.0 Å². The number of anilines is 1. The molecule has 59 heavy (non-hydrogen) atoms. The normalized spacial score (nSPS) is 17.4. The third-order valence-corrected chi connectivity index (χ3v) is 12.0. The summed E-state index contributed by atoms with van der Waals surface area (Å²) >= 11 is 0. The molecule has 1 saturated heterocycles. The van der Waals surface area contributed by atoms with E-state index in [1.54, 1.807) is 18.2 Å². The van der Waals surface area contributed by atoms with Crippen LogP contribution < -0.4 is 10.2 Å². The van der Waals surface area contributed by atoms with Crippen molar-refractivity contribution in [1.82, 2.24) is 14.9 Å². The van der Waals surface area contributed by atoms with Crippen LogP contribution in [0.3, 0.4) is 0 Å². The van der Waals surface area contributed by atoms with Crippen LogP contribution in [0.4, 0.5) is 18.9 Å². The summed E-state index contributed by atoms with van der Waals surface area (Å²) in [4.78, 5) is 19.9. The molecule has 1 aromatic heterocycles. The van der Waals surface area contributed by atoms with E-state index < -0.39 is 17.3 Å². The van der Waals surface area contributed by atoms with Crippen LogP contribution in [0, 0.1) is 11.8 Å². The van der Waals surface area contributed by atoms with Crippen molar-refractivity contribution in [3.8, 4) is 0 Å². The molecule has 2 heterocycles. The number of alkyl halides is 3. The minimum Gasteiger partial charge on any atom is -0.372 e. The van der Waals surface area contributed by atoms with Crippen LogP contribution in [0.1, 0.15) is 90.7 Å². The Hall–Kier alpha value is -5.89. The molecule has 1 N–H and O–H groups in total. The zero-order valence-electron chi connectivity index (χ0n) is 33.7. The number of nitrogens with zero attached hydrogens (tertiary/aromatic N) is 3. The summed E-state index contributed by atoms with van der Waals surface area (Å²) in [5, 5.41) is 3.25. The molecule has 0 atom stereocenters. The van der Waals surface area contributed by atoms with Gasteiger partial charge in [0.05, 0.1) is 17.6 Å². The molecule has 5 aromatic carbocycles. The molecular weight excluding hydrogens is 742 g/mol. The summed E-state index contributed by atoms with van der Waals surface area (Å²) < 4.78 is 39.5. The van der Waals surface area contributed by atoms with Crippen molar-refractivity contribution in [3.05, 3.63) is 198 Å². The molecule has 0 unspecified atom stereocenters. The van der Waals surface area contributed by atoms with E-state index in [2.05, 4.69) is 125 Å². The molecule has 0 radical (unpaired) electrons. The van der Waals surface area contributed by atoms with E-state index in [1.165, 1.54) is 16.7 Å². The summed E-state index contributed by atoms with van der Waals surface area (Å²) in [6, 6.07) is 45.4. The fourth-order valence-corrected chi connectivity index (χ4v) is 8.61.